The minimum absolute atomic E-state index is 0.570. The second kappa shape index (κ2) is 4.04. The second-order valence-corrected chi connectivity index (χ2v) is 4.01. The van der Waals surface area contributed by atoms with Crippen molar-refractivity contribution in [2.45, 2.75) is 24.6 Å². The van der Waals surface area contributed by atoms with Crippen molar-refractivity contribution in [3.05, 3.63) is 23.8 Å². The Bertz CT molecular complexity index is 335. The van der Waals surface area contributed by atoms with Crippen LogP contribution >= 0.6 is 15.9 Å². The van der Waals surface area contributed by atoms with E-state index >= 15 is 0 Å². The fourth-order valence-electron chi connectivity index (χ4n) is 0.870. The first-order chi connectivity index (χ1) is 6.48. The van der Waals surface area contributed by atoms with Crippen LogP contribution in [0, 0.1) is 0 Å². The van der Waals surface area contributed by atoms with Crippen molar-refractivity contribution in [2.75, 3.05) is 0 Å². The number of carbonyl (C=O) groups is 1. The van der Waals surface area contributed by atoms with Gasteiger partial charge in [0.05, 0.1) is 10.7 Å². The number of carboxylic acids is 1. The van der Waals surface area contributed by atoms with E-state index in [9.17, 15) is 4.79 Å². The van der Waals surface area contributed by atoms with E-state index in [-0.39, 0.29) is 0 Å². The van der Waals surface area contributed by atoms with Crippen molar-refractivity contribution < 1.29 is 9.90 Å². The molecule has 0 aromatic carbocycles. The van der Waals surface area contributed by atoms with Gasteiger partial charge in [-0.3, -0.25) is 4.79 Å². The highest BCUT2D eigenvalue weighted by Gasteiger charge is 2.29. The van der Waals surface area contributed by atoms with Gasteiger partial charge in [0.25, 0.3) is 0 Å². The highest BCUT2D eigenvalue weighted by Crippen LogP contribution is 2.21. The Labute approximate surface area is 90.5 Å². The maximum atomic E-state index is 10.9. The summed E-state index contributed by atoms with van der Waals surface area (Å²) in [5, 5.41) is 9.53. The lowest BCUT2D eigenvalue weighted by atomic mass is 9.87. The summed E-state index contributed by atoms with van der Waals surface area (Å²) in [6.45, 7) is 3.25. The number of hydrogen-bond donors (Lipinski definition) is 1. The normalized spacial score (nSPS) is 11.4. The summed E-state index contributed by atoms with van der Waals surface area (Å²) < 4.78 is 0. The first-order valence-electron chi connectivity index (χ1n) is 4.09. The number of aromatic nitrogens is 2. The summed E-state index contributed by atoms with van der Waals surface area (Å²) in [6.07, 6.45) is 3.11. The number of hydrogen-bond acceptors (Lipinski definition) is 3. The molecule has 5 heteroatoms. The Kier molecular flexibility index (Phi) is 3.21. The average molecular weight is 259 g/mol. The largest absolute Gasteiger partial charge is 0.481 e. The fraction of sp³-hybridized carbons (Fsp3) is 0.444. The lowest BCUT2D eigenvalue weighted by Crippen LogP contribution is -2.28. The number of alkyl halides is 1. The van der Waals surface area contributed by atoms with Gasteiger partial charge in [0, 0.05) is 18.0 Å². The summed E-state index contributed by atoms with van der Waals surface area (Å²) >= 11 is 3.22. The monoisotopic (exact) mass is 258 g/mol. The smallest absolute Gasteiger partial charge is 0.313 e. The summed E-state index contributed by atoms with van der Waals surface area (Å²) in [5.74, 6) is -0.234. The minimum Gasteiger partial charge on any atom is -0.481 e. The van der Waals surface area contributed by atoms with Crippen LogP contribution in [0.5, 0.6) is 0 Å². The predicted molar refractivity (Wildman–Crippen MR) is 55.3 cm³/mol. The lowest BCUT2D eigenvalue weighted by molar-refractivity contribution is -0.142. The maximum absolute atomic E-state index is 10.9. The van der Waals surface area contributed by atoms with E-state index in [1.54, 1.807) is 26.2 Å². The molecule has 0 saturated carbocycles. The summed E-state index contributed by atoms with van der Waals surface area (Å²) in [7, 11) is 0. The Morgan fingerprint density at radius 3 is 2.36 bits per heavy atom. The molecule has 0 spiro atoms. The Morgan fingerprint density at radius 2 is 2.00 bits per heavy atom. The van der Waals surface area contributed by atoms with Gasteiger partial charge in [-0.2, -0.15) is 0 Å². The van der Waals surface area contributed by atoms with E-state index in [1.165, 1.54) is 0 Å². The Morgan fingerprint density at radius 1 is 1.50 bits per heavy atom. The van der Waals surface area contributed by atoms with Crippen LogP contribution in [0.4, 0.5) is 0 Å². The average Bonchev–Trinajstić information content (AvgIpc) is 2.17. The van der Waals surface area contributed by atoms with E-state index in [4.69, 9.17) is 5.11 Å². The third kappa shape index (κ3) is 2.09. The van der Waals surface area contributed by atoms with Gasteiger partial charge in [0.15, 0.2) is 0 Å². The van der Waals surface area contributed by atoms with Crippen LogP contribution in [0.15, 0.2) is 12.4 Å². The summed E-state index contributed by atoms with van der Waals surface area (Å²) in [5.41, 5.74) is -0.333. The molecular formula is C9H11BrN2O2. The lowest BCUT2D eigenvalue weighted by Gasteiger charge is -2.18. The van der Waals surface area contributed by atoms with Gasteiger partial charge in [-0.15, -0.1) is 0 Å². The van der Waals surface area contributed by atoms with Gasteiger partial charge < -0.3 is 5.11 Å². The van der Waals surface area contributed by atoms with E-state index in [0.717, 1.165) is 0 Å². The Balaban J connectivity index is 3.02. The summed E-state index contributed by atoms with van der Waals surface area (Å²) in [4.78, 5) is 19.0. The number of carboxylic acid groups (broad SMARTS) is 1. The van der Waals surface area contributed by atoms with E-state index < -0.39 is 11.4 Å². The van der Waals surface area contributed by atoms with Crippen molar-refractivity contribution in [3.63, 3.8) is 0 Å². The molecule has 14 heavy (non-hydrogen) atoms. The van der Waals surface area contributed by atoms with Crippen molar-refractivity contribution in [1.82, 2.24) is 9.97 Å². The molecule has 76 valence electrons. The third-order valence-corrected chi connectivity index (χ3v) is 2.58. The topological polar surface area (TPSA) is 63.1 Å². The van der Waals surface area contributed by atoms with Crippen LogP contribution in [-0.4, -0.2) is 21.0 Å². The van der Waals surface area contributed by atoms with E-state index in [2.05, 4.69) is 25.9 Å². The highest BCUT2D eigenvalue weighted by atomic mass is 79.9. The Hall–Kier alpha value is -0.970. The van der Waals surface area contributed by atoms with Crippen molar-refractivity contribution in [1.29, 1.82) is 0 Å². The van der Waals surface area contributed by atoms with E-state index in [0.29, 0.717) is 16.7 Å². The predicted octanol–water partition coefficient (Wildman–Crippen LogP) is 1.73. The van der Waals surface area contributed by atoms with Gasteiger partial charge in [0.1, 0.15) is 5.82 Å². The molecule has 0 saturated heterocycles. The molecule has 1 rings (SSSR count). The third-order valence-electron chi connectivity index (χ3n) is 2.08. The standard InChI is InChI=1S/C9H11BrN2O2/c1-9(2,8(13)14)6-4-11-7(3-10)12-5-6/h4-5H,3H2,1-2H3,(H,13,14). The van der Waals surface area contributed by atoms with Crippen molar-refractivity contribution >= 4 is 21.9 Å². The van der Waals surface area contributed by atoms with E-state index in [1.807, 2.05) is 0 Å². The van der Waals surface area contributed by atoms with Gasteiger partial charge in [-0.1, -0.05) is 15.9 Å². The maximum Gasteiger partial charge on any atom is 0.313 e. The first-order valence-corrected chi connectivity index (χ1v) is 5.21. The number of aliphatic carboxylic acids is 1. The molecular weight excluding hydrogens is 248 g/mol. The number of nitrogens with zero attached hydrogens (tertiary/aromatic N) is 2. The molecule has 0 aliphatic heterocycles. The van der Waals surface area contributed by atoms with Gasteiger partial charge in [-0.05, 0) is 13.8 Å². The molecule has 0 radical (unpaired) electrons. The first kappa shape index (κ1) is 11.1. The quantitative estimate of drug-likeness (QED) is 0.839. The van der Waals surface area contributed by atoms with Crippen LogP contribution in [-0.2, 0) is 15.5 Å². The SMILES string of the molecule is CC(C)(C(=O)O)c1cnc(CBr)nc1. The molecule has 0 aliphatic rings. The number of halogens is 1. The molecule has 1 aromatic heterocycles. The second-order valence-electron chi connectivity index (χ2n) is 3.45. The highest BCUT2D eigenvalue weighted by molar-refractivity contribution is 9.08. The molecule has 0 amide bonds. The molecule has 0 fully saturated rings. The summed E-state index contributed by atoms with van der Waals surface area (Å²) in [6, 6.07) is 0. The van der Waals surface area contributed by atoms with Crippen molar-refractivity contribution in [3.8, 4) is 0 Å². The zero-order valence-corrected chi connectivity index (χ0v) is 9.58. The molecule has 0 unspecified atom stereocenters. The van der Waals surface area contributed by atoms with Gasteiger partial charge >= 0.3 is 5.97 Å². The fourth-order valence-corrected chi connectivity index (χ4v) is 1.16. The number of rotatable bonds is 3. The van der Waals surface area contributed by atoms with Crippen LogP contribution in [0.2, 0.25) is 0 Å². The van der Waals surface area contributed by atoms with Crippen LogP contribution in [0.25, 0.3) is 0 Å². The van der Waals surface area contributed by atoms with Gasteiger partial charge in [0.2, 0.25) is 0 Å². The molecule has 0 atom stereocenters. The van der Waals surface area contributed by atoms with Crippen LogP contribution in [0.1, 0.15) is 25.2 Å². The molecule has 1 aromatic rings. The molecule has 0 bridgehead atoms. The minimum atomic E-state index is -0.940. The van der Waals surface area contributed by atoms with Crippen LogP contribution < -0.4 is 0 Å². The molecule has 0 aliphatic carbocycles. The zero-order valence-electron chi connectivity index (χ0n) is 7.99. The zero-order chi connectivity index (χ0) is 10.8. The van der Waals surface area contributed by atoms with Gasteiger partial charge in [-0.25, -0.2) is 9.97 Å². The van der Waals surface area contributed by atoms with Crippen LogP contribution in [0.3, 0.4) is 0 Å². The molecule has 1 heterocycles. The molecule has 4 nitrogen and oxygen atoms in total. The van der Waals surface area contributed by atoms with Crippen molar-refractivity contribution in [2.24, 2.45) is 0 Å². The molecule has 1 N–H and O–H groups in total.